The van der Waals surface area contributed by atoms with Crippen LogP contribution < -0.4 is 0 Å². The Morgan fingerprint density at radius 1 is 1.16 bits per heavy atom. The van der Waals surface area contributed by atoms with E-state index in [-0.39, 0.29) is 10.1 Å². The Kier molecular flexibility index (Phi) is 4.96. The summed E-state index contributed by atoms with van der Waals surface area (Å²) in [7, 11) is 0. The van der Waals surface area contributed by atoms with E-state index >= 15 is 0 Å². The Bertz CT molecular complexity index is 866. The Balaban J connectivity index is 1.95. The minimum atomic E-state index is -1.19. The zero-order chi connectivity index (χ0) is 18.0. The number of hydrogen-bond donors (Lipinski definition) is 1. The largest absolute Gasteiger partial charge is 0.479 e. The van der Waals surface area contributed by atoms with Gasteiger partial charge in [-0.2, -0.15) is 0 Å². The monoisotopic (exact) mass is 373 g/mol. The lowest BCUT2D eigenvalue weighted by atomic mass is 10.1. The van der Waals surface area contributed by atoms with Gasteiger partial charge in [0.25, 0.3) is 5.91 Å². The Labute approximate surface area is 153 Å². The Morgan fingerprint density at radius 2 is 1.80 bits per heavy atom. The minimum Gasteiger partial charge on any atom is -0.479 e. The Hall–Kier alpha value is -2.51. The summed E-state index contributed by atoms with van der Waals surface area (Å²) >= 11 is 6.26. The predicted molar refractivity (Wildman–Crippen MR) is 98.2 cm³/mol. The highest BCUT2D eigenvalue weighted by Gasteiger charge is 2.41. The molecular weight excluding hydrogens is 361 g/mol. The zero-order valence-electron chi connectivity index (χ0n) is 12.8. The Morgan fingerprint density at radius 3 is 2.40 bits per heavy atom. The molecule has 3 rings (SSSR count). The third-order valence-electron chi connectivity index (χ3n) is 3.60. The van der Waals surface area contributed by atoms with Crippen LogP contribution in [0, 0.1) is 5.82 Å². The van der Waals surface area contributed by atoms with Crippen molar-refractivity contribution in [3.63, 3.8) is 0 Å². The summed E-state index contributed by atoms with van der Waals surface area (Å²) in [5, 5.41) is 9.61. The maximum Gasteiger partial charge on any atom is 0.331 e. The van der Waals surface area contributed by atoms with E-state index < -0.39 is 17.9 Å². The van der Waals surface area contributed by atoms with Gasteiger partial charge in [0.2, 0.25) is 0 Å². The average Bonchev–Trinajstić information content (AvgIpc) is 2.86. The number of halogens is 1. The van der Waals surface area contributed by atoms with Gasteiger partial charge in [-0.3, -0.25) is 9.69 Å². The van der Waals surface area contributed by atoms with Gasteiger partial charge in [0.1, 0.15) is 10.1 Å². The molecule has 1 saturated heterocycles. The fourth-order valence-corrected chi connectivity index (χ4v) is 3.76. The zero-order valence-corrected chi connectivity index (χ0v) is 14.4. The molecular formula is C18H12FNO3S2. The van der Waals surface area contributed by atoms with Crippen molar-refractivity contribution >= 4 is 46.3 Å². The molecule has 2 aromatic carbocycles. The molecule has 0 radical (unpaired) electrons. The molecule has 0 spiro atoms. The predicted octanol–water partition coefficient (Wildman–Crippen LogP) is 3.85. The summed E-state index contributed by atoms with van der Waals surface area (Å²) in [6, 6.07) is 12.9. The third-order valence-corrected chi connectivity index (χ3v) is 4.93. The van der Waals surface area contributed by atoms with Crippen molar-refractivity contribution in [2.75, 3.05) is 0 Å². The molecule has 1 aliphatic rings. The van der Waals surface area contributed by atoms with E-state index in [9.17, 15) is 19.1 Å². The molecule has 0 aromatic heterocycles. The number of carboxylic acids is 1. The summed E-state index contributed by atoms with van der Waals surface area (Å²) in [6.07, 6.45) is 1.57. The van der Waals surface area contributed by atoms with Crippen molar-refractivity contribution < 1.29 is 19.1 Å². The standard InChI is InChI=1S/C18H12FNO3S2/c19-13-8-6-11(7-9-13)10-14-16(21)20(18(24)25-14)15(17(22)23)12-4-2-1-3-5-12/h1-10,15H,(H,22,23)/b14-10-/t15-/m0/s1. The first-order chi connectivity index (χ1) is 12.0. The van der Waals surface area contributed by atoms with Crippen molar-refractivity contribution in [2.45, 2.75) is 6.04 Å². The summed E-state index contributed by atoms with van der Waals surface area (Å²) in [5.41, 5.74) is 1.10. The van der Waals surface area contributed by atoms with Crippen molar-refractivity contribution in [1.82, 2.24) is 4.90 Å². The number of nitrogens with zero attached hydrogens (tertiary/aromatic N) is 1. The number of thiocarbonyl (C=S) groups is 1. The molecule has 4 nitrogen and oxygen atoms in total. The van der Waals surface area contributed by atoms with Gasteiger partial charge in [-0.05, 0) is 29.3 Å². The molecule has 1 fully saturated rings. The van der Waals surface area contributed by atoms with Gasteiger partial charge in [0, 0.05) is 0 Å². The lowest BCUT2D eigenvalue weighted by Gasteiger charge is -2.23. The molecule has 1 atom stereocenters. The average molecular weight is 373 g/mol. The van der Waals surface area contributed by atoms with Crippen LogP contribution in [0.3, 0.4) is 0 Å². The van der Waals surface area contributed by atoms with Gasteiger partial charge in [-0.25, -0.2) is 9.18 Å². The van der Waals surface area contributed by atoms with Crippen LogP contribution in [0.4, 0.5) is 4.39 Å². The smallest absolute Gasteiger partial charge is 0.331 e. The maximum absolute atomic E-state index is 13.0. The molecule has 0 aliphatic carbocycles. The SMILES string of the molecule is O=C(O)[C@H](c1ccccc1)N1C(=O)/C(=C/c2ccc(F)cc2)SC1=S. The number of rotatable bonds is 4. The van der Waals surface area contributed by atoms with Gasteiger partial charge in [-0.15, -0.1) is 0 Å². The summed E-state index contributed by atoms with van der Waals surface area (Å²) in [4.78, 5) is 25.9. The summed E-state index contributed by atoms with van der Waals surface area (Å²) in [6.45, 7) is 0. The van der Waals surface area contributed by atoms with E-state index in [0.29, 0.717) is 16.0 Å². The number of carbonyl (C=O) groups excluding carboxylic acids is 1. The molecule has 0 saturated carbocycles. The molecule has 0 bridgehead atoms. The number of amides is 1. The highest BCUT2D eigenvalue weighted by Crippen LogP contribution is 2.38. The molecule has 2 aromatic rings. The van der Waals surface area contributed by atoms with Crippen molar-refractivity contribution in [3.8, 4) is 0 Å². The molecule has 1 N–H and O–H groups in total. The third kappa shape index (κ3) is 3.62. The number of thioether (sulfide) groups is 1. The second-order valence-electron chi connectivity index (χ2n) is 5.25. The van der Waals surface area contributed by atoms with Gasteiger partial charge in [0.15, 0.2) is 6.04 Å². The van der Waals surface area contributed by atoms with E-state index in [0.717, 1.165) is 16.7 Å². The highest BCUT2D eigenvalue weighted by molar-refractivity contribution is 8.26. The second-order valence-corrected chi connectivity index (χ2v) is 6.93. The van der Waals surface area contributed by atoms with Crippen molar-refractivity contribution in [3.05, 3.63) is 76.4 Å². The van der Waals surface area contributed by atoms with E-state index in [4.69, 9.17) is 12.2 Å². The van der Waals surface area contributed by atoms with Crippen LogP contribution in [-0.2, 0) is 9.59 Å². The van der Waals surface area contributed by atoms with Crippen LogP contribution in [0.15, 0.2) is 59.5 Å². The van der Waals surface area contributed by atoms with Crippen molar-refractivity contribution in [2.24, 2.45) is 0 Å². The van der Waals surface area contributed by atoms with Gasteiger partial charge in [0.05, 0.1) is 4.91 Å². The summed E-state index contributed by atoms with van der Waals surface area (Å²) in [5.74, 6) is -2.01. The van der Waals surface area contributed by atoms with E-state index in [1.54, 1.807) is 36.4 Å². The van der Waals surface area contributed by atoms with Crippen LogP contribution in [-0.4, -0.2) is 26.2 Å². The normalized spacial score (nSPS) is 17.2. The first-order valence-electron chi connectivity index (χ1n) is 7.28. The van der Waals surface area contributed by atoms with E-state index in [1.807, 2.05) is 0 Å². The number of aliphatic carboxylic acids is 1. The molecule has 7 heteroatoms. The number of hydrogen-bond acceptors (Lipinski definition) is 4. The first-order valence-corrected chi connectivity index (χ1v) is 8.50. The van der Waals surface area contributed by atoms with Crippen LogP contribution >= 0.6 is 24.0 Å². The summed E-state index contributed by atoms with van der Waals surface area (Å²) < 4.78 is 13.2. The molecule has 1 aliphatic heterocycles. The van der Waals surface area contributed by atoms with Gasteiger partial charge < -0.3 is 5.11 Å². The number of carboxylic acid groups (broad SMARTS) is 1. The topological polar surface area (TPSA) is 57.6 Å². The van der Waals surface area contributed by atoms with Crippen LogP contribution in [0.2, 0.25) is 0 Å². The molecule has 0 unspecified atom stereocenters. The quantitative estimate of drug-likeness (QED) is 0.652. The maximum atomic E-state index is 13.0. The minimum absolute atomic E-state index is 0.176. The van der Waals surface area contributed by atoms with Crippen LogP contribution in [0.1, 0.15) is 17.2 Å². The molecule has 1 heterocycles. The fraction of sp³-hybridized carbons (Fsp3) is 0.0556. The number of benzene rings is 2. The fourth-order valence-electron chi connectivity index (χ4n) is 2.45. The first kappa shape index (κ1) is 17.3. The lowest BCUT2D eigenvalue weighted by molar-refractivity contribution is -0.145. The second kappa shape index (κ2) is 7.16. The lowest BCUT2D eigenvalue weighted by Crippen LogP contribution is -2.37. The molecule has 126 valence electrons. The van der Waals surface area contributed by atoms with Crippen molar-refractivity contribution in [1.29, 1.82) is 0 Å². The van der Waals surface area contributed by atoms with Gasteiger partial charge in [-0.1, -0.05) is 66.4 Å². The van der Waals surface area contributed by atoms with Crippen LogP contribution in [0.25, 0.3) is 6.08 Å². The van der Waals surface area contributed by atoms with E-state index in [2.05, 4.69) is 0 Å². The molecule has 25 heavy (non-hydrogen) atoms. The van der Waals surface area contributed by atoms with E-state index in [1.165, 1.54) is 24.3 Å². The highest BCUT2D eigenvalue weighted by atomic mass is 32.2. The number of carbonyl (C=O) groups is 2. The van der Waals surface area contributed by atoms with Crippen LogP contribution in [0.5, 0.6) is 0 Å². The van der Waals surface area contributed by atoms with Gasteiger partial charge >= 0.3 is 5.97 Å². The molecule has 1 amide bonds.